The first-order chi connectivity index (χ1) is 11.9. The number of hydrogen-bond donors (Lipinski definition) is 0. The molecule has 1 amide bonds. The number of benzene rings is 1. The van der Waals surface area contributed by atoms with Crippen molar-refractivity contribution in [3.63, 3.8) is 0 Å². The lowest BCUT2D eigenvalue weighted by atomic mass is 10.1. The molecule has 1 saturated heterocycles. The molecule has 25 heavy (non-hydrogen) atoms. The summed E-state index contributed by atoms with van der Waals surface area (Å²) in [7, 11) is 0. The molecule has 1 unspecified atom stereocenters. The second kappa shape index (κ2) is 5.89. The molecular weight excluding hydrogens is 331 g/mol. The molecular formula is C18H18F3N3O. The fourth-order valence-electron chi connectivity index (χ4n) is 3.50. The monoisotopic (exact) mass is 349 g/mol. The van der Waals surface area contributed by atoms with E-state index in [2.05, 4.69) is 4.98 Å². The molecule has 1 aliphatic carbocycles. The number of halogens is 3. The second-order valence-corrected chi connectivity index (χ2v) is 6.83. The van der Waals surface area contributed by atoms with Crippen molar-refractivity contribution < 1.29 is 18.0 Å². The smallest absolute Gasteiger partial charge is 0.339 e. The fourth-order valence-corrected chi connectivity index (χ4v) is 3.50. The van der Waals surface area contributed by atoms with E-state index in [4.69, 9.17) is 0 Å². The molecule has 2 aliphatic rings. The molecule has 7 heteroatoms. The minimum atomic E-state index is -4.38. The predicted octanol–water partition coefficient (Wildman–Crippen LogP) is 3.58. The molecule has 0 spiro atoms. The molecule has 4 nitrogen and oxygen atoms in total. The van der Waals surface area contributed by atoms with E-state index in [1.54, 1.807) is 18.5 Å². The Morgan fingerprint density at radius 2 is 2.04 bits per heavy atom. The molecule has 0 radical (unpaired) electrons. The molecule has 2 aromatic rings. The highest BCUT2D eigenvalue weighted by atomic mass is 19.4. The zero-order valence-corrected chi connectivity index (χ0v) is 13.5. The summed E-state index contributed by atoms with van der Waals surface area (Å²) in [4.78, 5) is 18.3. The number of likely N-dealkylation sites (tertiary alicyclic amines) is 1. The number of imidazole rings is 1. The Bertz CT molecular complexity index is 795. The summed E-state index contributed by atoms with van der Waals surface area (Å²) in [5.74, 6) is 0.864. The molecule has 1 aliphatic heterocycles. The number of hydrogen-bond acceptors (Lipinski definition) is 2. The van der Waals surface area contributed by atoms with E-state index in [1.807, 2.05) is 9.47 Å². The Kier molecular flexibility index (Phi) is 3.81. The number of nitrogens with zero attached hydrogens (tertiary/aromatic N) is 3. The summed E-state index contributed by atoms with van der Waals surface area (Å²) in [6.07, 6.45) is 1.63. The number of rotatable bonds is 4. The summed E-state index contributed by atoms with van der Waals surface area (Å²) < 4.78 is 40.7. The number of aromatic nitrogens is 2. The lowest BCUT2D eigenvalue weighted by Crippen LogP contribution is -2.27. The standard InChI is InChI=1S/C18H18F3N3O/c19-18(20,21)14-3-1-2-13(9-14)17-22-6-7-23(17)10-12-8-16(25)24(11-12)15-4-5-15/h1-3,6-7,9,12,15H,4-5,8,10-11H2. The lowest BCUT2D eigenvalue weighted by Gasteiger charge is -2.16. The van der Waals surface area contributed by atoms with E-state index in [0.717, 1.165) is 31.5 Å². The van der Waals surface area contributed by atoms with Crippen molar-refractivity contribution in [1.29, 1.82) is 0 Å². The third kappa shape index (κ3) is 3.27. The molecule has 2 heterocycles. The van der Waals surface area contributed by atoms with Crippen molar-refractivity contribution in [3.05, 3.63) is 42.2 Å². The zero-order chi connectivity index (χ0) is 17.6. The maximum atomic E-state index is 12.9. The Morgan fingerprint density at radius 3 is 2.76 bits per heavy atom. The summed E-state index contributed by atoms with van der Waals surface area (Å²) in [6, 6.07) is 5.60. The van der Waals surface area contributed by atoms with Crippen LogP contribution >= 0.6 is 0 Å². The highest BCUT2D eigenvalue weighted by molar-refractivity contribution is 5.79. The van der Waals surface area contributed by atoms with Crippen molar-refractivity contribution in [2.45, 2.75) is 38.0 Å². The van der Waals surface area contributed by atoms with Gasteiger partial charge in [0.15, 0.2) is 0 Å². The van der Waals surface area contributed by atoms with Crippen molar-refractivity contribution in [2.24, 2.45) is 5.92 Å². The minimum Gasteiger partial charge on any atom is -0.339 e. The largest absolute Gasteiger partial charge is 0.416 e. The van der Waals surface area contributed by atoms with Crippen molar-refractivity contribution in [2.75, 3.05) is 6.54 Å². The highest BCUT2D eigenvalue weighted by Gasteiger charge is 2.39. The molecule has 2 fully saturated rings. The van der Waals surface area contributed by atoms with E-state index in [0.29, 0.717) is 30.4 Å². The van der Waals surface area contributed by atoms with Crippen LogP contribution in [-0.2, 0) is 17.5 Å². The van der Waals surface area contributed by atoms with Gasteiger partial charge in [-0.3, -0.25) is 4.79 Å². The maximum absolute atomic E-state index is 12.9. The van der Waals surface area contributed by atoms with Crippen molar-refractivity contribution >= 4 is 5.91 Å². The zero-order valence-electron chi connectivity index (χ0n) is 13.5. The summed E-state index contributed by atoms with van der Waals surface area (Å²) in [5.41, 5.74) is -0.251. The molecule has 0 N–H and O–H groups in total. The van der Waals surface area contributed by atoms with Gasteiger partial charge in [-0.1, -0.05) is 12.1 Å². The molecule has 1 aromatic heterocycles. The van der Waals surface area contributed by atoms with Crippen LogP contribution < -0.4 is 0 Å². The van der Waals surface area contributed by atoms with Crippen molar-refractivity contribution in [1.82, 2.24) is 14.5 Å². The van der Waals surface area contributed by atoms with Gasteiger partial charge in [-0.2, -0.15) is 13.2 Å². The third-order valence-corrected chi connectivity index (χ3v) is 4.84. The van der Waals surface area contributed by atoms with Gasteiger partial charge in [-0.25, -0.2) is 4.98 Å². The maximum Gasteiger partial charge on any atom is 0.416 e. The Balaban J connectivity index is 1.54. The van der Waals surface area contributed by atoms with Crippen LogP contribution in [0.5, 0.6) is 0 Å². The quantitative estimate of drug-likeness (QED) is 0.846. The van der Waals surface area contributed by atoms with Crippen LogP contribution in [0.1, 0.15) is 24.8 Å². The van der Waals surface area contributed by atoms with Crippen LogP contribution in [0.2, 0.25) is 0 Å². The molecule has 1 aromatic carbocycles. The molecule has 0 bridgehead atoms. The first-order valence-corrected chi connectivity index (χ1v) is 8.40. The van der Waals surface area contributed by atoms with Gasteiger partial charge in [0.2, 0.25) is 5.91 Å². The Labute approximate surface area is 143 Å². The van der Waals surface area contributed by atoms with Gasteiger partial charge in [-0.15, -0.1) is 0 Å². The predicted molar refractivity (Wildman–Crippen MR) is 85.5 cm³/mol. The molecule has 132 valence electrons. The lowest BCUT2D eigenvalue weighted by molar-refractivity contribution is -0.137. The van der Waals surface area contributed by atoms with Gasteiger partial charge in [0.25, 0.3) is 0 Å². The van der Waals surface area contributed by atoms with Crippen LogP contribution in [-0.4, -0.2) is 32.9 Å². The molecule has 1 atom stereocenters. The third-order valence-electron chi connectivity index (χ3n) is 4.84. The number of carbonyl (C=O) groups is 1. The summed E-state index contributed by atoms with van der Waals surface area (Å²) >= 11 is 0. The van der Waals surface area contributed by atoms with Crippen LogP contribution in [0.15, 0.2) is 36.7 Å². The Hall–Kier alpha value is -2.31. The van der Waals surface area contributed by atoms with Gasteiger partial charge < -0.3 is 9.47 Å². The highest BCUT2D eigenvalue weighted by Crippen LogP contribution is 2.34. The SMILES string of the molecule is O=C1CC(Cn2ccnc2-c2cccc(C(F)(F)F)c2)CN1C1CC1. The van der Waals surface area contributed by atoms with Gasteiger partial charge >= 0.3 is 6.18 Å². The van der Waals surface area contributed by atoms with Gasteiger partial charge in [0, 0.05) is 49.4 Å². The fraction of sp³-hybridized carbons (Fsp3) is 0.444. The topological polar surface area (TPSA) is 38.1 Å². The van der Waals surface area contributed by atoms with Crippen molar-refractivity contribution in [3.8, 4) is 11.4 Å². The number of alkyl halides is 3. The normalized spacial score (nSPS) is 21.2. The number of carbonyl (C=O) groups excluding carboxylic acids is 1. The number of amides is 1. The van der Waals surface area contributed by atoms with E-state index in [9.17, 15) is 18.0 Å². The van der Waals surface area contributed by atoms with E-state index >= 15 is 0 Å². The van der Waals surface area contributed by atoms with Gasteiger partial charge in [-0.05, 0) is 25.0 Å². The second-order valence-electron chi connectivity index (χ2n) is 6.83. The van der Waals surface area contributed by atoms with E-state index in [1.165, 1.54) is 6.07 Å². The summed E-state index contributed by atoms with van der Waals surface area (Å²) in [5, 5.41) is 0. The van der Waals surface area contributed by atoms with Gasteiger partial charge in [0.1, 0.15) is 5.82 Å². The van der Waals surface area contributed by atoms with E-state index in [-0.39, 0.29) is 11.8 Å². The van der Waals surface area contributed by atoms with Crippen LogP contribution in [0.3, 0.4) is 0 Å². The van der Waals surface area contributed by atoms with Crippen LogP contribution in [0.4, 0.5) is 13.2 Å². The molecule has 1 saturated carbocycles. The van der Waals surface area contributed by atoms with Gasteiger partial charge in [0.05, 0.1) is 5.56 Å². The first kappa shape index (κ1) is 16.2. The molecule has 4 rings (SSSR count). The van der Waals surface area contributed by atoms with E-state index < -0.39 is 11.7 Å². The summed E-state index contributed by atoms with van der Waals surface area (Å²) in [6.45, 7) is 1.31. The average molecular weight is 349 g/mol. The first-order valence-electron chi connectivity index (χ1n) is 8.40. The van der Waals surface area contributed by atoms with Crippen LogP contribution in [0, 0.1) is 5.92 Å². The van der Waals surface area contributed by atoms with Crippen LogP contribution in [0.25, 0.3) is 11.4 Å². The minimum absolute atomic E-state index is 0.173. The average Bonchev–Trinajstić information content (AvgIpc) is 3.19. The Morgan fingerprint density at radius 1 is 1.24 bits per heavy atom.